The number of benzene rings is 1. The normalized spacial score (nSPS) is 21.7. The average Bonchev–Trinajstić information content (AvgIpc) is 2.77. The van der Waals surface area contributed by atoms with Crippen molar-refractivity contribution in [1.29, 1.82) is 0 Å². The molecule has 2 heterocycles. The minimum atomic E-state index is -0.644. The molecule has 1 aromatic carbocycles. The van der Waals surface area contributed by atoms with E-state index in [4.69, 9.17) is 16.3 Å². The van der Waals surface area contributed by atoms with Crippen LogP contribution in [0.25, 0.3) is 0 Å². The van der Waals surface area contributed by atoms with E-state index in [2.05, 4.69) is 15.5 Å². The van der Waals surface area contributed by atoms with Crippen LogP contribution >= 0.6 is 11.6 Å². The number of halogens is 1. The Hall–Kier alpha value is -2.78. The van der Waals surface area contributed by atoms with Gasteiger partial charge in [-0.1, -0.05) is 23.7 Å². The number of rotatable bonds is 6. The van der Waals surface area contributed by atoms with Gasteiger partial charge in [0, 0.05) is 56.5 Å². The molecule has 0 bridgehead atoms. The number of amides is 4. The van der Waals surface area contributed by atoms with Crippen LogP contribution in [0.3, 0.4) is 0 Å². The zero-order valence-corrected chi connectivity index (χ0v) is 20.3. The number of urea groups is 2. The smallest absolute Gasteiger partial charge is 0.338 e. The van der Waals surface area contributed by atoms with Crippen LogP contribution < -0.4 is 10.6 Å². The lowest BCUT2D eigenvalue weighted by Crippen LogP contribution is -2.57. The highest BCUT2D eigenvalue weighted by Crippen LogP contribution is 2.32. The Balaban J connectivity index is 1.91. The van der Waals surface area contributed by atoms with Crippen molar-refractivity contribution in [3.63, 3.8) is 0 Å². The zero-order valence-electron chi connectivity index (χ0n) is 19.6. The van der Waals surface area contributed by atoms with Crippen molar-refractivity contribution in [2.45, 2.75) is 32.9 Å². The second-order valence-electron chi connectivity index (χ2n) is 8.19. The van der Waals surface area contributed by atoms with Gasteiger partial charge in [0.25, 0.3) is 0 Å². The lowest BCUT2D eigenvalue weighted by Gasteiger charge is -2.42. The molecule has 2 aliphatic rings. The Morgan fingerprint density at radius 2 is 1.91 bits per heavy atom. The molecule has 0 spiro atoms. The predicted octanol–water partition coefficient (Wildman–Crippen LogP) is 2.59. The summed E-state index contributed by atoms with van der Waals surface area (Å²) in [6.45, 7) is 8.64. The van der Waals surface area contributed by atoms with Crippen LogP contribution in [0.15, 0.2) is 35.5 Å². The minimum Gasteiger partial charge on any atom is -0.463 e. The predicted molar refractivity (Wildman–Crippen MR) is 126 cm³/mol. The molecule has 1 saturated heterocycles. The van der Waals surface area contributed by atoms with Gasteiger partial charge in [0.15, 0.2) is 0 Å². The van der Waals surface area contributed by atoms with E-state index in [9.17, 15) is 14.4 Å². The van der Waals surface area contributed by atoms with E-state index in [1.165, 1.54) is 4.90 Å². The third-order valence-corrected chi connectivity index (χ3v) is 6.20. The van der Waals surface area contributed by atoms with Crippen LogP contribution in [0.2, 0.25) is 5.02 Å². The van der Waals surface area contributed by atoms with E-state index in [1.807, 2.05) is 18.7 Å². The lowest BCUT2D eigenvalue weighted by atomic mass is 9.94. The van der Waals surface area contributed by atoms with E-state index >= 15 is 0 Å². The number of carbonyl (C=O) groups is 3. The molecule has 1 aromatic rings. The van der Waals surface area contributed by atoms with Gasteiger partial charge < -0.3 is 20.3 Å². The molecule has 2 atom stereocenters. The van der Waals surface area contributed by atoms with Crippen molar-refractivity contribution < 1.29 is 19.1 Å². The van der Waals surface area contributed by atoms with E-state index < -0.39 is 12.0 Å². The summed E-state index contributed by atoms with van der Waals surface area (Å²) in [4.78, 5) is 43.6. The highest BCUT2D eigenvalue weighted by molar-refractivity contribution is 6.30. The maximum atomic E-state index is 13.1. The van der Waals surface area contributed by atoms with Crippen molar-refractivity contribution in [2.75, 3.05) is 46.4 Å². The zero-order chi connectivity index (χ0) is 24.1. The second-order valence-corrected chi connectivity index (χ2v) is 8.62. The van der Waals surface area contributed by atoms with Crippen molar-refractivity contribution in [3.05, 3.63) is 46.1 Å². The van der Waals surface area contributed by atoms with Gasteiger partial charge in [-0.25, -0.2) is 14.4 Å². The van der Waals surface area contributed by atoms with Gasteiger partial charge in [0.2, 0.25) is 0 Å². The van der Waals surface area contributed by atoms with Crippen molar-refractivity contribution in [3.8, 4) is 0 Å². The molecule has 33 heavy (non-hydrogen) atoms. The first-order valence-corrected chi connectivity index (χ1v) is 11.6. The van der Waals surface area contributed by atoms with Crippen LogP contribution in [-0.4, -0.2) is 85.2 Å². The SMILES string of the molecule is CCNC(=O)N1CCN(CC2=C(C(=O)OCC)C(c3ccc(Cl)cc3)NC(=O)N2C)CC1C. The van der Waals surface area contributed by atoms with Crippen LogP contribution in [0.4, 0.5) is 9.59 Å². The summed E-state index contributed by atoms with van der Waals surface area (Å²) >= 11 is 6.04. The topological polar surface area (TPSA) is 94.2 Å². The Morgan fingerprint density at radius 3 is 2.52 bits per heavy atom. The van der Waals surface area contributed by atoms with Gasteiger partial charge in [-0.05, 0) is 38.5 Å². The summed E-state index contributed by atoms with van der Waals surface area (Å²) in [6, 6.07) is 6.02. The van der Waals surface area contributed by atoms with E-state index in [0.717, 1.165) is 5.56 Å². The average molecular weight is 478 g/mol. The Bertz CT molecular complexity index is 920. The van der Waals surface area contributed by atoms with Gasteiger partial charge in [0.1, 0.15) is 0 Å². The number of hydrogen-bond acceptors (Lipinski definition) is 5. The number of nitrogens with zero attached hydrogens (tertiary/aromatic N) is 3. The van der Waals surface area contributed by atoms with Crippen molar-refractivity contribution >= 4 is 29.6 Å². The molecule has 180 valence electrons. The molecule has 10 heteroatoms. The summed E-state index contributed by atoms with van der Waals surface area (Å²) in [7, 11) is 1.65. The third-order valence-electron chi connectivity index (χ3n) is 5.95. The number of nitrogens with one attached hydrogen (secondary N) is 2. The number of carbonyl (C=O) groups excluding carboxylic acids is 3. The molecule has 0 aliphatic carbocycles. The molecule has 9 nitrogen and oxygen atoms in total. The molecule has 1 fully saturated rings. The summed E-state index contributed by atoms with van der Waals surface area (Å²) in [5, 5.41) is 6.32. The highest BCUT2D eigenvalue weighted by Gasteiger charge is 2.38. The van der Waals surface area contributed by atoms with Crippen molar-refractivity contribution in [2.24, 2.45) is 0 Å². The third kappa shape index (κ3) is 5.59. The Labute approximate surface area is 199 Å². The lowest BCUT2D eigenvalue weighted by molar-refractivity contribution is -0.139. The molecule has 2 N–H and O–H groups in total. The van der Waals surface area contributed by atoms with E-state index in [-0.39, 0.29) is 24.7 Å². The first-order valence-electron chi connectivity index (χ1n) is 11.2. The Kier molecular flexibility index (Phi) is 8.20. The van der Waals surface area contributed by atoms with E-state index in [0.29, 0.717) is 49.0 Å². The maximum absolute atomic E-state index is 13.1. The van der Waals surface area contributed by atoms with Gasteiger partial charge >= 0.3 is 18.0 Å². The summed E-state index contributed by atoms with van der Waals surface area (Å²) < 4.78 is 5.38. The van der Waals surface area contributed by atoms with Gasteiger partial charge in [-0.15, -0.1) is 0 Å². The largest absolute Gasteiger partial charge is 0.463 e. The second kappa shape index (κ2) is 10.9. The van der Waals surface area contributed by atoms with Crippen LogP contribution in [-0.2, 0) is 9.53 Å². The van der Waals surface area contributed by atoms with Crippen LogP contribution in [0.1, 0.15) is 32.4 Å². The highest BCUT2D eigenvalue weighted by atomic mass is 35.5. The van der Waals surface area contributed by atoms with Crippen LogP contribution in [0, 0.1) is 0 Å². The van der Waals surface area contributed by atoms with Crippen molar-refractivity contribution in [1.82, 2.24) is 25.3 Å². The number of piperazine rings is 1. The van der Waals surface area contributed by atoms with Gasteiger partial charge in [-0.3, -0.25) is 9.80 Å². The molecule has 2 aliphatic heterocycles. The van der Waals surface area contributed by atoms with Crippen LogP contribution in [0.5, 0.6) is 0 Å². The minimum absolute atomic E-state index is 0.00766. The number of likely N-dealkylation sites (N-methyl/N-ethyl adjacent to an activating group) is 1. The Morgan fingerprint density at radius 1 is 1.21 bits per heavy atom. The van der Waals surface area contributed by atoms with Gasteiger partial charge in [0.05, 0.1) is 18.2 Å². The monoisotopic (exact) mass is 477 g/mol. The fourth-order valence-corrected chi connectivity index (χ4v) is 4.37. The fourth-order valence-electron chi connectivity index (χ4n) is 4.25. The summed E-state index contributed by atoms with van der Waals surface area (Å²) in [5.74, 6) is -0.465. The summed E-state index contributed by atoms with van der Waals surface area (Å²) in [5.41, 5.74) is 1.74. The van der Waals surface area contributed by atoms with Gasteiger partial charge in [-0.2, -0.15) is 0 Å². The first kappa shape index (κ1) is 24.9. The molecule has 4 amide bonds. The fraction of sp³-hybridized carbons (Fsp3) is 0.522. The molecule has 2 unspecified atom stereocenters. The molecule has 3 rings (SSSR count). The molecular weight excluding hydrogens is 446 g/mol. The summed E-state index contributed by atoms with van der Waals surface area (Å²) in [6.07, 6.45) is 0. The molecular formula is C23H32ClN5O4. The molecule has 0 saturated carbocycles. The first-order chi connectivity index (χ1) is 15.8. The quantitative estimate of drug-likeness (QED) is 0.614. The molecule has 0 radical (unpaired) electrons. The number of esters is 1. The maximum Gasteiger partial charge on any atom is 0.338 e. The standard InChI is InChI=1S/C23H32ClN5O4/c1-5-25-22(31)29-12-11-28(13-15(29)3)14-18-19(21(30)33-6-2)20(26-23(32)27(18)4)16-7-9-17(24)10-8-16/h7-10,15,20H,5-6,11-14H2,1-4H3,(H,25,31)(H,26,32). The molecule has 0 aromatic heterocycles. The number of hydrogen-bond donors (Lipinski definition) is 2. The number of ether oxygens (including phenoxy) is 1. The van der Waals surface area contributed by atoms with E-state index in [1.54, 1.807) is 38.2 Å².